The summed E-state index contributed by atoms with van der Waals surface area (Å²) in [5, 5.41) is 2.23. The first-order valence-electron chi connectivity index (χ1n) is 7.53. The lowest BCUT2D eigenvalue weighted by Gasteiger charge is -2.26. The van der Waals surface area contributed by atoms with Crippen LogP contribution in [-0.4, -0.2) is 36.1 Å². The SMILES string of the molecule is Cc1cc(N2CC[NH2+]CC2)nc(-c2cccc(C(F)(F)F)c2)n1. The van der Waals surface area contributed by atoms with Gasteiger partial charge >= 0.3 is 6.18 Å². The van der Waals surface area contributed by atoms with Crippen molar-refractivity contribution in [2.75, 3.05) is 31.1 Å². The van der Waals surface area contributed by atoms with Gasteiger partial charge in [0.1, 0.15) is 5.82 Å². The van der Waals surface area contributed by atoms with Crippen molar-refractivity contribution in [3.8, 4) is 11.4 Å². The van der Waals surface area contributed by atoms with Crippen LogP contribution in [0.2, 0.25) is 0 Å². The lowest BCUT2D eigenvalue weighted by Crippen LogP contribution is -2.89. The molecule has 0 aliphatic carbocycles. The molecule has 2 aromatic rings. The topological polar surface area (TPSA) is 45.6 Å². The number of hydrogen-bond donors (Lipinski definition) is 1. The Balaban J connectivity index is 1.98. The monoisotopic (exact) mass is 323 g/mol. The molecule has 0 spiro atoms. The molecule has 1 aliphatic heterocycles. The van der Waals surface area contributed by atoms with Crippen LogP contribution >= 0.6 is 0 Å². The Hall–Kier alpha value is -2.15. The first kappa shape index (κ1) is 15.7. The van der Waals surface area contributed by atoms with Gasteiger partial charge in [-0.25, -0.2) is 9.97 Å². The molecular formula is C16H18F3N4+. The molecule has 7 heteroatoms. The number of aromatic nitrogens is 2. The Morgan fingerprint density at radius 1 is 1.09 bits per heavy atom. The number of quaternary nitrogens is 1. The Kier molecular flexibility index (Phi) is 4.21. The average Bonchev–Trinajstić information content (AvgIpc) is 2.54. The normalized spacial score (nSPS) is 15.7. The van der Waals surface area contributed by atoms with E-state index in [1.54, 1.807) is 6.07 Å². The van der Waals surface area contributed by atoms with Crippen molar-refractivity contribution in [3.63, 3.8) is 0 Å². The Bertz CT molecular complexity index is 694. The number of benzene rings is 1. The first-order chi connectivity index (χ1) is 10.9. The van der Waals surface area contributed by atoms with Crippen LogP contribution in [0.15, 0.2) is 30.3 Å². The molecule has 3 rings (SSSR count). The summed E-state index contributed by atoms with van der Waals surface area (Å²) >= 11 is 0. The summed E-state index contributed by atoms with van der Waals surface area (Å²) in [5.74, 6) is 1.11. The fourth-order valence-electron chi connectivity index (χ4n) is 2.66. The molecule has 4 nitrogen and oxygen atoms in total. The van der Waals surface area contributed by atoms with Crippen LogP contribution in [0, 0.1) is 6.92 Å². The predicted molar refractivity (Wildman–Crippen MR) is 81.1 cm³/mol. The van der Waals surface area contributed by atoms with Crippen LogP contribution in [0.25, 0.3) is 11.4 Å². The number of nitrogens with zero attached hydrogens (tertiary/aromatic N) is 3. The largest absolute Gasteiger partial charge is 0.416 e. The van der Waals surface area contributed by atoms with Crippen molar-refractivity contribution in [3.05, 3.63) is 41.6 Å². The molecule has 2 N–H and O–H groups in total. The zero-order valence-electron chi connectivity index (χ0n) is 12.8. The highest BCUT2D eigenvalue weighted by Gasteiger charge is 2.30. The van der Waals surface area contributed by atoms with E-state index in [0.717, 1.165) is 49.8 Å². The van der Waals surface area contributed by atoms with Gasteiger partial charge < -0.3 is 10.2 Å². The summed E-state index contributed by atoms with van der Waals surface area (Å²) in [4.78, 5) is 10.9. The second-order valence-corrected chi connectivity index (χ2v) is 5.62. The molecule has 2 heterocycles. The molecule has 0 bridgehead atoms. The summed E-state index contributed by atoms with van der Waals surface area (Å²) in [6.45, 7) is 5.55. The number of halogens is 3. The van der Waals surface area contributed by atoms with E-state index in [9.17, 15) is 13.2 Å². The molecule has 0 amide bonds. The van der Waals surface area contributed by atoms with Crippen LogP contribution in [0.3, 0.4) is 0 Å². The zero-order valence-corrected chi connectivity index (χ0v) is 12.8. The minimum absolute atomic E-state index is 0.334. The number of alkyl halides is 3. The van der Waals surface area contributed by atoms with Crippen LogP contribution in [0.5, 0.6) is 0 Å². The fourth-order valence-corrected chi connectivity index (χ4v) is 2.66. The summed E-state index contributed by atoms with van der Waals surface area (Å²) in [7, 11) is 0. The number of aryl methyl sites for hydroxylation is 1. The summed E-state index contributed by atoms with van der Waals surface area (Å²) < 4.78 is 38.6. The van der Waals surface area contributed by atoms with Gasteiger partial charge in [-0.3, -0.25) is 0 Å². The van der Waals surface area contributed by atoms with E-state index >= 15 is 0 Å². The Labute approximate surface area is 132 Å². The zero-order chi connectivity index (χ0) is 16.4. The average molecular weight is 323 g/mol. The summed E-state index contributed by atoms with van der Waals surface area (Å²) in [5.41, 5.74) is 0.444. The van der Waals surface area contributed by atoms with Crippen molar-refractivity contribution in [2.45, 2.75) is 13.1 Å². The molecular weight excluding hydrogens is 305 g/mol. The second kappa shape index (κ2) is 6.16. The molecule has 1 aromatic heterocycles. The van der Waals surface area contributed by atoms with Gasteiger partial charge in [0, 0.05) is 17.3 Å². The van der Waals surface area contributed by atoms with Gasteiger partial charge in [-0.2, -0.15) is 13.2 Å². The second-order valence-electron chi connectivity index (χ2n) is 5.62. The lowest BCUT2D eigenvalue weighted by atomic mass is 10.1. The number of rotatable bonds is 2. The molecule has 1 saturated heterocycles. The quantitative estimate of drug-likeness (QED) is 0.917. The van der Waals surface area contributed by atoms with Crippen molar-refractivity contribution >= 4 is 5.82 Å². The number of nitrogens with two attached hydrogens (primary N) is 1. The molecule has 122 valence electrons. The van der Waals surface area contributed by atoms with E-state index in [-0.39, 0.29) is 0 Å². The van der Waals surface area contributed by atoms with Gasteiger partial charge in [-0.05, 0) is 19.1 Å². The minimum atomic E-state index is -4.37. The highest BCUT2D eigenvalue weighted by atomic mass is 19.4. The first-order valence-corrected chi connectivity index (χ1v) is 7.53. The molecule has 1 aromatic carbocycles. The maximum Gasteiger partial charge on any atom is 0.416 e. The van der Waals surface area contributed by atoms with Crippen molar-refractivity contribution in [1.82, 2.24) is 9.97 Å². The van der Waals surface area contributed by atoms with Crippen LogP contribution in [0.4, 0.5) is 19.0 Å². The van der Waals surface area contributed by atoms with E-state index in [1.807, 2.05) is 13.0 Å². The fraction of sp³-hybridized carbons (Fsp3) is 0.375. The number of piperazine rings is 1. The number of hydrogen-bond acceptors (Lipinski definition) is 3. The molecule has 0 unspecified atom stereocenters. The maximum absolute atomic E-state index is 12.9. The highest BCUT2D eigenvalue weighted by Crippen LogP contribution is 2.31. The van der Waals surface area contributed by atoms with Gasteiger partial charge in [0.15, 0.2) is 5.82 Å². The Morgan fingerprint density at radius 3 is 2.52 bits per heavy atom. The Morgan fingerprint density at radius 2 is 1.83 bits per heavy atom. The third-order valence-corrected chi connectivity index (χ3v) is 3.82. The van der Waals surface area contributed by atoms with E-state index in [2.05, 4.69) is 20.2 Å². The van der Waals surface area contributed by atoms with Crippen molar-refractivity contribution < 1.29 is 18.5 Å². The van der Waals surface area contributed by atoms with Crippen molar-refractivity contribution in [1.29, 1.82) is 0 Å². The maximum atomic E-state index is 12.9. The van der Waals surface area contributed by atoms with Crippen LogP contribution in [-0.2, 0) is 6.18 Å². The lowest BCUT2D eigenvalue weighted by molar-refractivity contribution is -0.655. The molecule has 0 saturated carbocycles. The van der Waals surface area contributed by atoms with E-state index < -0.39 is 11.7 Å². The minimum Gasteiger partial charge on any atom is -0.345 e. The highest BCUT2D eigenvalue weighted by molar-refractivity contribution is 5.59. The molecule has 1 aliphatic rings. The molecule has 0 radical (unpaired) electrons. The number of anilines is 1. The van der Waals surface area contributed by atoms with Gasteiger partial charge in [0.25, 0.3) is 0 Å². The molecule has 1 fully saturated rings. The van der Waals surface area contributed by atoms with Gasteiger partial charge in [0.2, 0.25) is 0 Å². The molecule has 0 atom stereocenters. The van der Waals surface area contributed by atoms with E-state index in [0.29, 0.717) is 11.4 Å². The summed E-state index contributed by atoms with van der Waals surface area (Å²) in [6, 6.07) is 7.03. The van der Waals surface area contributed by atoms with Gasteiger partial charge in [-0.15, -0.1) is 0 Å². The third kappa shape index (κ3) is 3.61. The third-order valence-electron chi connectivity index (χ3n) is 3.82. The van der Waals surface area contributed by atoms with E-state index in [1.165, 1.54) is 6.07 Å². The van der Waals surface area contributed by atoms with Crippen molar-refractivity contribution in [2.24, 2.45) is 0 Å². The predicted octanol–water partition coefficient (Wildman–Crippen LogP) is 1.85. The standard InChI is InChI=1S/C16H17F3N4/c1-11-9-14(23-7-5-20-6-8-23)22-15(21-11)12-3-2-4-13(10-12)16(17,18)19/h2-4,9-10,20H,5-8H2,1H3/p+1. The smallest absolute Gasteiger partial charge is 0.345 e. The van der Waals surface area contributed by atoms with Crippen LogP contribution in [0.1, 0.15) is 11.3 Å². The summed E-state index contributed by atoms with van der Waals surface area (Å²) in [6.07, 6.45) is -4.37. The van der Waals surface area contributed by atoms with Gasteiger partial charge in [0.05, 0.1) is 31.7 Å². The van der Waals surface area contributed by atoms with E-state index in [4.69, 9.17) is 0 Å². The van der Waals surface area contributed by atoms with Gasteiger partial charge in [-0.1, -0.05) is 12.1 Å². The molecule has 23 heavy (non-hydrogen) atoms. The van der Waals surface area contributed by atoms with Crippen LogP contribution < -0.4 is 10.2 Å².